The Morgan fingerprint density at radius 2 is 1.78 bits per heavy atom. The highest BCUT2D eigenvalue weighted by molar-refractivity contribution is 5.77. The Balaban J connectivity index is 1.78. The highest BCUT2D eigenvalue weighted by Gasteiger charge is 2.29. The summed E-state index contributed by atoms with van der Waals surface area (Å²) in [6, 6.07) is 7.83. The van der Waals surface area contributed by atoms with Crippen molar-refractivity contribution >= 4 is 22.8 Å². The first-order valence-corrected chi connectivity index (χ1v) is 11.6. The quantitative estimate of drug-likeness (QED) is 0.501. The summed E-state index contributed by atoms with van der Waals surface area (Å²) in [4.78, 5) is 33.3. The molecule has 3 aromatic rings. The van der Waals surface area contributed by atoms with E-state index in [0.717, 1.165) is 37.2 Å². The lowest BCUT2D eigenvalue weighted by molar-refractivity contribution is 0.414. The number of hydrogen-bond acceptors (Lipinski definition) is 5. The smallest absolute Gasteiger partial charge is 0.332 e. The van der Waals surface area contributed by atoms with E-state index in [0.29, 0.717) is 36.1 Å². The zero-order chi connectivity index (χ0) is 22.8. The van der Waals surface area contributed by atoms with Crippen LogP contribution in [0.3, 0.4) is 0 Å². The number of benzene rings is 1. The second-order valence-electron chi connectivity index (χ2n) is 8.82. The van der Waals surface area contributed by atoms with Crippen LogP contribution in [0.25, 0.3) is 11.2 Å². The molecule has 32 heavy (non-hydrogen) atoms. The van der Waals surface area contributed by atoms with Gasteiger partial charge in [0.15, 0.2) is 11.2 Å². The Labute approximate surface area is 188 Å². The van der Waals surface area contributed by atoms with Crippen LogP contribution in [-0.4, -0.2) is 32.3 Å². The van der Waals surface area contributed by atoms with Crippen LogP contribution >= 0.6 is 0 Å². The van der Waals surface area contributed by atoms with E-state index in [9.17, 15) is 9.59 Å². The molecule has 0 aliphatic carbocycles. The van der Waals surface area contributed by atoms with E-state index in [-0.39, 0.29) is 11.2 Å². The number of methoxy groups -OCH3 is 1. The third-order valence-electron chi connectivity index (χ3n) is 6.31. The standard InChI is InChI=1S/C24H33N5O3/c1-5-6-7-8-9-14-27-22(30)20-21(26(3)24(27)31)25-23-28(15-17(2)16-29(20)23)18-10-12-19(32-4)13-11-18/h10-13,17H,5-9,14-16H2,1-4H3/t17-/m1/s1. The Hall–Kier alpha value is -3.03. The number of imidazole rings is 1. The third-order valence-corrected chi connectivity index (χ3v) is 6.31. The molecular formula is C24H33N5O3. The number of fused-ring (bicyclic) bond motifs is 3. The van der Waals surface area contributed by atoms with Crippen molar-refractivity contribution in [1.29, 1.82) is 0 Å². The van der Waals surface area contributed by atoms with Crippen molar-refractivity contribution in [1.82, 2.24) is 18.7 Å². The molecule has 172 valence electrons. The number of anilines is 2. The molecular weight excluding hydrogens is 406 g/mol. The van der Waals surface area contributed by atoms with Crippen molar-refractivity contribution in [3.63, 3.8) is 0 Å². The highest BCUT2D eigenvalue weighted by Crippen LogP contribution is 2.33. The Bertz CT molecular complexity index is 1210. The lowest BCUT2D eigenvalue weighted by Gasteiger charge is -2.33. The maximum absolute atomic E-state index is 13.4. The van der Waals surface area contributed by atoms with Gasteiger partial charge < -0.3 is 14.2 Å². The number of aryl methyl sites for hydroxylation is 1. The molecule has 3 heterocycles. The van der Waals surface area contributed by atoms with Gasteiger partial charge in [0.05, 0.1) is 7.11 Å². The first kappa shape index (κ1) is 22.2. The summed E-state index contributed by atoms with van der Waals surface area (Å²) in [5.41, 5.74) is 1.42. The number of unbranched alkanes of at least 4 members (excludes halogenated alkanes) is 4. The van der Waals surface area contributed by atoms with Gasteiger partial charge in [0.25, 0.3) is 5.56 Å². The summed E-state index contributed by atoms with van der Waals surface area (Å²) < 4.78 is 10.2. The van der Waals surface area contributed by atoms with Crippen molar-refractivity contribution in [3.05, 3.63) is 45.1 Å². The van der Waals surface area contributed by atoms with Crippen LogP contribution < -0.4 is 20.9 Å². The fourth-order valence-electron chi connectivity index (χ4n) is 4.56. The predicted octanol–water partition coefficient (Wildman–Crippen LogP) is 3.66. The zero-order valence-corrected chi connectivity index (χ0v) is 19.5. The molecule has 0 N–H and O–H groups in total. The van der Waals surface area contributed by atoms with E-state index in [4.69, 9.17) is 9.72 Å². The van der Waals surface area contributed by atoms with E-state index >= 15 is 0 Å². The van der Waals surface area contributed by atoms with E-state index in [1.807, 2.05) is 28.8 Å². The first-order valence-electron chi connectivity index (χ1n) is 11.6. The number of ether oxygens (including phenoxy) is 1. The monoisotopic (exact) mass is 439 g/mol. The molecule has 1 aliphatic heterocycles. The third kappa shape index (κ3) is 3.94. The zero-order valence-electron chi connectivity index (χ0n) is 19.5. The maximum Gasteiger partial charge on any atom is 0.332 e. The molecule has 0 saturated carbocycles. The minimum atomic E-state index is -0.294. The summed E-state index contributed by atoms with van der Waals surface area (Å²) in [6.45, 7) is 6.27. The van der Waals surface area contributed by atoms with Crippen LogP contribution in [-0.2, 0) is 20.1 Å². The maximum atomic E-state index is 13.4. The Morgan fingerprint density at radius 1 is 1.06 bits per heavy atom. The SMILES string of the molecule is CCCCCCCn1c(=O)c2c(nc3n2C[C@H](C)CN3c2ccc(OC)cc2)n(C)c1=O. The molecule has 1 aliphatic rings. The van der Waals surface area contributed by atoms with E-state index < -0.39 is 0 Å². The average molecular weight is 440 g/mol. The molecule has 0 radical (unpaired) electrons. The largest absolute Gasteiger partial charge is 0.497 e. The van der Waals surface area contributed by atoms with Gasteiger partial charge in [0, 0.05) is 32.4 Å². The fourth-order valence-corrected chi connectivity index (χ4v) is 4.56. The summed E-state index contributed by atoms with van der Waals surface area (Å²) in [6.07, 6.45) is 5.33. The van der Waals surface area contributed by atoms with Crippen LogP contribution in [0.1, 0.15) is 46.0 Å². The van der Waals surface area contributed by atoms with Gasteiger partial charge in [0.2, 0.25) is 5.95 Å². The molecule has 0 spiro atoms. The van der Waals surface area contributed by atoms with Gasteiger partial charge in [0.1, 0.15) is 5.75 Å². The van der Waals surface area contributed by atoms with Crippen LogP contribution in [0, 0.1) is 5.92 Å². The molecule has 1 atom stereocenters. The second kappa shape index (κ2) is 9.22. The van der Waals surface area contributed by atoms with Gasteiger partial charge in [-0.15, -0.1) is 0 Å². The average Bonchev–Trinajstić information content (AvgIpc) is 3.18. The van der Waals surface area contributed by atoms with Crippen molar-refractivity contribution in [2.75, 3.05) is 18.6 Å². The number of rotatable bonds is 8. The van der Waals surface area contributed by atoms with E-state index in [1.54, 1.807) is 14.2 Å². The number of nitrogens with zero attached hydrogens (tertiary/aromatic N) is 5. The Kier molecular flexibility index (Phi) is 6.39. The van der Waals surface area contributed by atoms with Gasteiger partial charge in [-0.2, -0.15) is 4.98 Å². The summed E-state index contributed by atoms with van der Waals surface area (Å²) in [5.74, 6) is 1.81. The molecule has 2 aromatic heterocycles. The van der Waals surface area contributed by atoms with Crippen molar-refractivity contribution in [3.8, 4) is 5.75 Å². The van der Waals surface area contributed by atoms with Gasteiger partial charge in [-0.25, -0.2) is 4.79 Å². The van der Waals surface area contributed by atoms with Crippen molar-refractivity contribution in [2.45, 2.75) is 59.0 Å². The normalized spacial score (nSPS) is 15.9. The fraction of sp³-hybridized carbons (Fsp3) is 0.542. The summed E-state index contributed by atoms with van der Waals surface area (Å²) in [7, 11) is 3.35. The number of aromatic nitrogens is 4. The van der Waals surface area contributed by atoms with Crippen LogP contribution in [0.2, 0.25) is 0 Å². The molecule has 0 saturated heterocycles. The van der Waals surface area contributed by atoms with Crippen LogP contribution in [0.5, 0.6) is 5.75 Å². The highest BCUT2D eigenvalue weighted by atomic mass is 16.5. The van der Waals surface area contributed by atoms with Gasteiger partial charge in [-0.05, 0) is 36.6 Å². The molecule has 0 bridgehead atoms. The van der Waals surface area contributed by atoms with Crippen LogP contribution in [0.15, 0.2) is 33.9 Å². The minimum Gasteiger partial charge on any atom is -0.497 e. The number of hydrogen-bond donors (Lipinski definition) is 0. The molecule has 0 amide bonds. The Morgan fingerprint density at radius 3 is 2.47 bits per heavy atom. The van der Waals surface area contributed by atoms with E-state index in [2.05, 4.69) is 18.7 Å². The molecule has 1 aromatic carbocycles. The van der Waals surface area contributed by atoms with Crippen molar-refractivity contribution < 1.29 is 4.74 Å². The predicted molar refractivity (Wildman–Crippen MR) is 127 cm³/mol. The summed E-state index contributed by atoms with van der Waals surface area (Å²) >= 11 is 0. The van der Waals surface area contributed by atoms with Crippen LogP contribution in [0.4, 0.5) is 11.6 Å². The lowest BCUT2D eigenvalue weighted by Crippen LogP contribution is -2.40. The van der Waals surface area contributed by atoms with Gasteiger partial charge in [-0.1, -0.05) is 39.5 Å². The van der Waals surface area contributed by atoms with Gasteiger partial charge in [-0.3, -0.25) is 13.9 Å². The van der Waals surface area contributed by atoms with Crippen molar-refractivity contribution in [2.24, 2.45) is 13.0 Å². The second-order valence-corrected chi connectivity index (χ2v) is 8.82. The molecule has 0 unspecified atom stereocenters. The molecule has 0 fully saturated rings. The summed E-state index contributed by atoms with van der Waals surface area (Å²) in [5, 5.41) is 0. The lowest BCUT2D eigenvalue weighted by atomic mass is 10.1. The van der Waals surface area contributed by atoms with Gasteiger partial charge >= 0.3 is 5.69 Å². The molecule has 8 heteroatoms. The minimum absolute atomic E-state index is 0.235. The molecule has 8 nitrogen and oxygen atoms in total. The van der Waals surface area contributed by atoms with E-state index in [1.165, 1.54) is 22.0 Å². The topological polar surface area (TPSA) is 74.3 Å². The molecule has 4 rings (SSSR count). The first-order chi connectivity index (χ1) is 15.5.